The van der Waals surface area contributed by atoms with E-state index in [4.69, 9.17) is 0 Å². The molecule has 2 heteroatoms. The summed E-state index contributed by atoms with van der Waals surface area (Å²) in [5, 5.41) is 3.91. The molecular formula is C14H26N2. The fourth-order valence-corrected chi connectivity index (χ4v) is 3.88. The van der Waals surface area contributed by atoms with Crippen molar-refractivity contribution in [2.45, 2.75) is 51.5 Å². The molecule has 1 N–H and O–H groups in total. The van der Waals surface area contributed by atoms with Gasteiger partial charge >= 0.3 is 0 Å². The van der Waals surface area contributed by atoms with E-state index in [2.05, 4.69) is 17.1 Å². The third-order valence-corrected chi connectivity index (χ3v) is 5.56. The number of nitrogens with zero attached hydrogens (tertiary/aromatic N) is 1. The number of nitrogens with one attached hydrogen (secondary N) is 1. The van der Waals surface area contributed by atoms with Crippen LogP contribution in [0.25, 0.3) is 0 Å². The van der Waals surface area contributed by atoms with Gasteiger partial charge in [0, 0.05) is 19.1 Å². The highest BCUT2D eigenvalue weighted by molar-refractivity contribution is 4.94. The van der Waals surface area contributed by atoms with Gasteiger partial charge in [-0.2, -0.15) is 0 Å². The Hall–Kier alpha value is -0.0800. The lowest BCUT2D eigenvalue weighted by Gasteiger charge is -2.48. The van der Waals surface area contributed by atoms with Crippen molar-refractivity contribution >= 4 is 0 Å². The normalized spacial score (nSPS) is 40.7. The van der Waals surface area contributed by atoms with Gasteiger partial charge in [-0.15, -0.1) is 0 Å². The largest absolute Gasteiger partial charge is 0.312 e. The minimum atomic E-state index is 0.687. The highest BCUT2D eigenvalue weighted by atomic mass is 15.2. The van der Waals surface area contributed by atoms with Crippen molar-refractivity contribution in [3.05, 3.63) is 0 Å². The highest BCUT2D eigenvalue weighted by Gasteiger charge is 2.38. The smallest absolute Gasteiger partial charge is 0.0224 e. The molecule has 4 fully saturated rings. The maximum atomic E-state index is 3.91. The zero-order valence-electron chi connectivity index (χ0n) is 10.7. The molecule has 1 aliphatic carbocycles. The van der Waals surface area contributed by atoms with Crippen molar-refractivity contribution in [3.8, 4) is 0 Å². The predicted octanol–water partition coefficient (Wildman–Crippen LogP) is 2.25. The summed E-state index contributed by atoms with van der Waals surface area (Å²) in [7, 11) is 0. The number of rotatable bonds is 4. The van der Waals surface area contributed by atoms with Gasteiger partial charge in [-0.3, -0.25) is 0 Å². The number of piperidine rings is 3. The van der Waals surface area contributed by atoms with E-state index in [0.717, 1.165) is 12.0 Å². The Balaban J connectivity index is 1.51. The monoisotopic (exact) mass is 222 g/mol. The van der Waals surface area contributed by atoms with E-state index in [1.807, 2.05) is 0 Å². The molecule has 1 unspecified atom stereocenters. The summed E-state index contributed by atoms with van der Waals surface area (Å²) in [5.74, 6) is 0.985. The predicted molar refractivity (Wildman–Crippen MR) is 67.5 cm³/mol. The van der Waals surface area contributed by atoms with E-state index in [1.165, 1.54) is 64.7 Å². The van der Waals surface area contributed by atoms with Crippen LogP contribution >= 0.6 is 0 Å². The van der Waals surface area contributed by atoms with E-state index in [9.17, 15) is 0 Å². The maximum Gasteiger partial charge on any atom is 0.0224 e. The molecule has 92 valence electrons. The van der Waals surface area contributed by atoms with E-state index >= 15 is 0 Å². The van der Waals surface area contributed by atoms with Crippen LogP contribution in [0.5, 0.6) is 0 Å². The van der Waals surface area contributed by atoms with Crippen LogP contribution in [0.3, 0.4) is 0 Å². The Morgan fingerprint density at radius 3 is 2.44 bits per heavy atom. The summed E-state index contributed by atoms with van der Waals surface area (Å²) >= 11 is 0. The quantitative estimate of drug-likeness (QED) is 0.785. The first-order valence-electron chi connectivity index (χ1n) is 7.27. The molecule has 2 nitrogen and oxygen atoms in total. The molecule has 0 aromatic carbocycles. The minimum absolute atomic E-state index is 0.687. The minimum Gasteiger partial charge on any atom is -0.312 e. The third-order valence-electron chi connectivity index (χ3n) is 5.56. The van der Waals surface area contributed by atoms with Gasteiger partial charge in [0.2, 0.25) is 0 Å². The molecule has 3 aliphatic heterocycles. The van der Waals surface area contributed by atoms with E-state index in [0.29, 0.717) is 5.41 Å². The van der Waals surface area contributed by atoms with Crippen LogP contribution in [0.2, 0.25) is 0 Å². The number of hydrogen-bond acceptors (Lipinski definition) is 2. The van der Waals surface area contributed by atoms with Crippen molar-refractivity contribution in [1.29, 1.82) is 0 Å². The van der Waals surface area contributed by atoms with Crippen LogP contribution in [0.1, 0.15) is 45.4 Å². The van der Waals surface area contributed by atoms with Crippen LogP contribution in [-0.2, 0) is 0 Å². The van der Waals surface area contributed by atoms with Crippen molar-refractivity contribution < 1.29 is 0 Å². The van der Waals surface area contributed by atoms with E-state index in [-0.39, 0.29) is 0 Å². The molecule has 1 atom stereocenters. The molecule has 3 saturated heterocycles. The average molecular weight is 222 g/mol. The highest BCUT2D eigenvalue weighted by Crippen LogP contribution is 2.43. The molecule has 0 aromatic rings. The lowest BCUT2D eigenvalue weighted by molar-refractivity contribution is 0.0517. The molecule has 2 bridgehead atoms. The molecule has 1 saturated carbocycles. The molecule has 0 radical (unpaired) electrons. The lowest BCUT2D eigenvalue weighted by Crippen LogP contribution is -2.58. The molecule has 3 heterocycles. The summed E-state index contributed by atoms with van der Waals surface area (Å²) in [6.07, 6.45) is 8.67. The SMILES string of the molecule is CCC1(CNC2CN3CCC2CC3)CCC1. The first-order chi connectivity index (χ1) is 7.81. The van der Waals surface area contributed by atoms with Crippen LogP contribution in [0.15, 0.2) is 0 Å². The van der Waals surface area contributed by atoms with Gasteiger partial charge in [-0.05, 0) is 56.5 Å². The second kappa shape index (κ2) is 4.30. The summed E-state index contributed by atoms with van der Waals surface area (Å²) in [6.45, 7) is 7.71. The van der Waals surface area contributed by atoms with E-state index in [1.54, 1.807) is 0 Å². The molecule has 16 heavy (non-hydrogen) atoms. The fourth-order valence-electron chi connectivity index (χ4n) is 3.88. The van der Waals surface area contributed by atoms with Crippen LogP contribution in [0.4, 0.5) is 0 Å². The molecular weight excluding hydrogens is 196 g/mol. The standard InChI is InChI=1S/C14H26N2/c1-2-14(6-3-7-14)11-15-13-10-16-8-4-12(13)5-9-16/h12-13,15H,2-11H2,1H3. The van der Waals surface area contributed by atoms with Gasteiger partial charge in [0.1, 0.15) is 0 Å². The second-order valence-corrected chi connectivity index (χ2v) is 6.33. The van der Waals surface area contributed by atoms with Gasteiger partial charge in [0.25, 0.3) is 0 Å². The molecule has 4 aliphatic rings. The molecule has 0 aromatic heterocycles. The van der Waals surface area contributed by atoms with Crippen molar-refractivity contribution in [2.75, 3.05) is 26.2 Å². The average Bonchev–Trinajstić information content (AvgIpc) is 2.30. The Morgan fingerprint density at radius 1 is 1.25 bits per heavy atom. The topological polar surface area (TPSA) is 15.3 Å². The first kappa shape index (κ1) is 11.0. The Morgan fingerprint density at radius 2 is 2.00 bits per heavy atom. The lowest BCUT2D eigenvalue weighted by atomic mass is 9.67. The first-order valence-corrected chi connectivity index (χ1v) is 7.27. The van der Waals surface area contributed by atoms with Gasteiger partial charge in [-0.1, -0.05) is 13.3 Å². The molecule has 0 amide bonds. The van der Waals surface area contributed by atoms with Crippen LogP contribution in [0, 0.1) is 11.3 Å². The van der Waals surface area contributed by atoms with Crippen LogP contribution in [-0.4, -0.2) is 37.1 Å². The van der Waals surface area contributed by atoms with Gasteiger partial charge < -0.3 is 10.2 Å². The zero-order chi connectivity index (χ0) is 11.0. The van der Waals surface area contributed by atoms with Gasteiger partial charge in [0.15, 0.2) is 0 Å². The van der Waals surface area contributed by atoms with Gasteiger partial charge in [0.05, 0.1) is 0 Å². The Labute approximate surface area is 99.8 Å². The number of fused-ring (bicyclic) bond motifs is 3. The van der Waals surface area contributed by atoms with Crippen molar-refractivity contribution in [3.63, 3.8) is 0 Å². The summed E-state index contributed by atoms with van der Waals surface area (Å²) < 4.78 is 0. The Bertz CT molecular complexity index is 234. The van der Waals surface area contributed by atoms with Crippen molar-refractivity contribution in [1.82, 2.24) is 10.2 Å². The van der Waals surface area contributed by atoms with Crippen molar-refractivity contribution in [2.24, 2.45) is 11.3 Å². The maximum absolute atomic E-state index is 3.91. The summed E-state index contributed by atoms with van der Waals surface area (Å²) in [6, 6.07) is 0.812. The fraction of sp³-hybridized carbons (Fsp3) is 1.00. The van der Waals surface area contributed by atoms with Gasteiger partial charge in [-0.25, -0.2) is 0 Å². The molecule has 0 spiro atoms. The second-order valence-electron chi connectivity index (χ2n) is 6.33. The van der Waals surface area contributed by atoms with Crippen LogP contribution < -0.4 is 5.32 Å². The van der Waals surface area contributed by atoms with E-state index < -0.39 is 0 Å². The third kappa shape index (κ3) is 1.91. The summed E-state index contributed by atoms with van der Waals surface area (Å²) in [5.41, 5.74) is 0.687. The zero-order valence-corrected chi connectivity index (χ0v) is 10.7. The molecule has 4 rings (SSSR count). The number of hydrogen-bond donors (Lipinski definition) is 1. The Kier molecular flexibility index (Phi) is 2.97. The summed E-state index contributed by atoms with van der Waals surface area (Å²) in [4.78, 5) is 2.65.